The molecule has 0 saturated heterocycles. The molecule has 0 saturated carbocycles. The Morgan fingerprint density at radius 1 is 1.10 bits per heavy atom. The van der Waals surface area contributed by atoms with Gasteiger partial charge in [-0.3, -0.25) is 4.79 Å². The lowest BCUT2D eigenvalue weighted by Gasteiger charge is -2.07. The van der Waals surface area contributed by atoms with E-state index in [-0.39, 0.29) is 19.1 Å². The van der Waals surface area contributed by atoms with E-state index in [4.69, 9.17) is 9.47 Å². The fourth-order valence-corrected chi connectivity index (χ4v) is 3.90. The number of hydrogen-bond donors (Lipinski definition) is 1. The van der Waals surface area contributed by atoms with Crippen molar-refractivity contribution in [3.8, 4) is 11.5 Å². The quantitative estimate of drug-likeness (QED) is 0.590. The monoisotopic (exact) mass is 434 g/mol. The molecule has 2 aromatic carbocycles. The Balaban J connectivity index is 1.31. The lowest BCUT2D eigenvalue weighted by molar-refractivity contribution is -0.137. The summed E-state index contributed by atoms with van der Waals surface area (Å²) < 4.78 is 49.1. The molecule has 3 aromatic rings. The van der Waals surface area contributed by atoms with Gasteiger partial charge in [0.2, 0.25) is 12.7 Å². The van der Waals surface area contributed by atoms with Crippen LogP contribution in [0.25, 0.3) is 0 Å². The van der Waals surface area contributed by atoms with Crippen LogP contribution < -0.4 is 14.8 Å². The summed E-state index contributed by atoms with van der Waals surface area (Å²) in [5, 5.41) is 3.16. The summed E-state index contributed by atoms with van der Waals surface area (Å²) in [7, 11) is 0. The molecular weight excluding hydrogens is 417 g/mol. The molecule has 4 rings (SSSR count). The van der Waals surface area contributed by atoms with Gasteiger partial charge in [-0.2, -0.15) is 13.2 Å². The first-order chi connectivity index (χ1) is 14.4. The molecule has 30 heavy (non-hydrogen) atoms. The molecule has 0 bridgehead atoms. The molecule has 1 aliphatic heterocycles. The average Bonchev–Trinajstić information content (AvgIpc) is 3.35. The van der Waals surface area contributed by atoms with Crippen LogP contribution >= 0.6 is 11.3 Å². The summed E-state index contributed by atoms with van der Waals surface area (Å²) in [6, 6.07) is 10.8. The van der Waals surface area contributed by atoms with Gasteiger partial charge in [-0.1, -0.05) is 24.3 Å². The summed E-state index contributed by atoms with van der Waals surface area (Å²) in [6.45, 7) is 0.201. The number of benzene rings is 2. The van der Waals surface area contributed by atoms with Gasteiger partial charge < -0.3 is 14.8 Å². The molecule has 0 unspecified atom stereocenters. The smallest absolute Gasteiger partial charge is 0.416 e. The number of anilines is 1. The number of halogens is 3. The van der Waals surface area contributed by atoms with Crippen molar-refractivity contribution in [2.45, 2.75) is 25.4 Å². The number of hydrogen-bond acceptors (Lipinski definition) is 5. The number of amides is 1. The van der Waals surface area contributed by atoms with Crippen LogP contribution in [-0.4, -0.2) is 17.7 Å². The van der Waals surface area contributed by atoms with Crippen LogP contribution in [0.5, 0.6) is 11.5 Å². The fourth-order valence-electron chi connectivity index (χ4n) is 3.04. The molecular formula is C21H17F3N2O3S. The largest absolute Gasteiger partial charge is 0.454 e. The maximum Gasteiger partial charge on any atom is 0.416 e. The zero-order valence-electron chi connectivity index (χ0n) is 15.7. The minimum absolute atomic E-state index is 0.187. The second-order valence-corrected chi connectivity index (χ2v) is 7.86. The van der Waals surface area contributed by atoms with Crippen LogP contribution in [0, 0.1) is 0 Å². The zero-order chi connectivity index (χ0) is 21.1. The molecule has 9 heteroatoms. The number of carbonyl (C=O) groups is 1. The predicted molar refractivity (Wildman–Crippen MR) is 106 cm³/mol. The summed E-state index contributed by atoms with van der Waals surface area (Å²) in [5.41, 5.74) is 0.814. The standard InChI is InChI=1S/C21H17F3N2O3S/c22-21(23,24)15-3-1-2-14(8-15)9-16-11-25-20(30-16)26-19(27)7-5-13-4-6-17-18(10-13)29-12-28-17/h1-4,6,8,10-11H,5,7,9,12H2,(H,25,26,27). The van der Waals surface area contributed by atoms with E-state index >= 15 is 0 Å². The number of aryl methyl sites for hydroxylation is 1. The molecule has 1 aromatic heterocycles. The molecule has 0 radical (unpaired) electrons. The number of fused-ring (bicyclic) bond motifs is 1. The van der Waals surface area contributed by atoms with E-state index < -0.39 is 11.7 Å². The van der Waals surface area contributed by atoms with Crippen LogP contribution in [-0.2, 0) is 23.8 Å². The van der Waals surface area contributed by atoms with Crippen LogP contribution in [0.2, 0.25) is 0 Å². The van der Waals surface area contributed by atoms with Crippen molar-refractivity contribution in [3.05, 3.63) is 70.2 Å². The second-order valence-electron chi connectivity index (χ2n) is 6.74. The molecule has 156 valence electrons. The van der Waals surface area contributed by atoms with E-state index in [9.17, 15) is 18.0 Å². The third-order valence-electron chi connectivity index (χ3n) is 4.51. The summed E-state index contributed by atoms with van der Waals surface area (Å²) >= 11 is 1.25. The number of nitrogens with zero attached hydrogens (tertiary/aromatic N) is 1. The van der Waals surface area contributed by atoms with Crippen molar-refractivity contribution in [2.75, 3.05) is 12.1 Å². The van der Waals surface area contributed by atoms with Gasteiger partial charge in [0.1, 0.15) is 0 Å². The summed E-state index contributed by atoms with van der Waals surface area (Å²) in [5.74, 6) is 1.18. The van der Waals surface area contributed by atoms with E-state index in [0.29, 0.717) is 35.0 Å². The van der Waals surface area contributed by atoms with Gasteiger partial charge in [-0.15, -0.1) is 11.3 Å². The Hall–Kier alpha value is -3.07. The minimum atomic E-state index is -4.37. The summed E-state index contributed by atoms with van der Waals surface area (Å²) in [6.07, 6.45) is -1.69. The van der Waals surface area contributed by atoms with E-state index in [1.807, 2.05) is 18.2 Å². The number of rotatable bonds is 6. The Labute approximate surface area is 174 Å². The van der Waals surface area contributed by atoms with Gasteiger partial charge >= 0.3 is 6.18 Å². The third kappa shape index (κ3) is 4.91. The van der Waals surface area contributed by atoms with E-state index in [1.165, 1.54) is 17.4 Å². The molecule has 5 nitrogen and oxygen atoms in total. The molecule has 0 atom stereocenters. The number of carbonyl (C=O) groups excluding carboxylic acids is 1. The Kier molecular flexibility index (Phi) is 5.63. The van der Waals surface area contributed by atoms with Gasteiger partial charge in [-0.05, 0) is 35.7 Å². The van der Waals surface area contributed by atoms with Crippen LogP contribution in [0.4, 0.5) is 18.3 Å². The highest BCUT2D eigenvalue weighted by molar-refractivity contribution is 7.15. The number of alkyl halides is 3. The third-order valence-corrected chi connectivity index (χ3v) is 5.42. The van der Waals surface area contributed by atoms with Gasteiger partial charge in [-0.25, -0.2) is 4.98 Å². The number of aromatic nitrogens is 1. The number of thiazole rings is 1. The van der Waals surface area contributed by atoms with Gasteiger partial charge in [0, 0.05) is 23.9 Å². The highest BCUT2D eigenvalue weighted by Gasteiger charge is 2.30. The Bertz CT molecular complexity index is 1070. The van der Waals surface area contributed by atoms with E-state index in [2.05, 4.69) is 10.3 Å². The van der Waals surface area contributed by atoms with Crippen LogP contribution in [0.1, 0.15) is 28.0 Å². The first kappa shape index (κ1) is 20.2. The fraction of sp³-hybridized carbons (Fsp3) is 0.238. The van der Waals surface area contributed by atoms with Crippen molar-refractivity contribution in [1.82, 2.24) is 4.98 Å². The molecule has 1 aliphatic rings. The molecule has 1 amide bonds. The first-order valence-electron chi connectivity index (χ1n) is 9.16. The molecule has 0 fully saturated rings. The maximum atomic E-state index is 12.8. The second kappa shape index (κ2) is 8.35. The average molecular weight is 434 g/mol. The highest BCUT2D eigenvalue weighted by Crippen LogP contribution is 2.33. The number of ether oxygens (including phenoxy) is 2. The van der Waals surface area contributed by atoms with E-state index in [1.54, 1.807) is 12.3 Å². The lowest BCUT2D eigenvalue weighted by Crippen LogP contribution is -2.12. The predicted octanol–water partition coefficient (Wildman–Crippen LogP) is 5.05. The molecule has 1 N–H and O–H groups in total. The van der Waals surface area contributed by atoms with Gasteiger partial charge in [0.05, 0.1) is 5.56 Å². The zero-order valence-corrected chi connectivity index (χ0v) is 16.5. The van der Waals surface area contributed by atoms with Gasteiger partial charge in [0.25, 0.3) is 0 Å². The van der Waals surface area contributed by atoms with Gasteiger partial charge in [0.15, 0.2) is 16.6 Å². The first-order valence-corrected chi connectivity index (χ1v) is 9.98. The van der Waals surface area contributed by atoms with E-state index in [0.717, 1.165) is 22.6 Å². The SMILES string of the molecule is O=C(CCc1ccc2c(c1)OCO2)Nc1ncc(Cc2cccc(C(F)(F)F)c2)s1. The number of nitrogens with one attached hydrogen (secondary N) is 1. The van der Waals surface area contributed by atoms with Crippen molar-refractivity contribution < 1.29 is 27.4 Å². The molecule has 2 heterocycles. The lowest BCUT2D eigenvalue weighted by atomic mass is 10.1. The summed E-state index contributed by atoms with van der Waals surface area (Å²) in [4.78, 5) is 17.1. The molecule has 0 aliphatic carbocycles. The minimum Gasteiger partial charge on any atom is -0.454 e. The Morgan fingerprint density at radius 2 is 1.93 bits per heavy atom. The normalized spacial score (nSPS) is 12.8. The maximum absolute atomic E-state index is 12.8. The van der Waals surface area contributed by atoms with Crippen molar-refractivity contribution in [2.24, 2.45) is 0 Å². The van der Waals surface area contributed by atoms with Crippen molar-refractivity contribution >= 4 is 22.4 Å². The van der Waals surface area contributed by atoms with Crippen molar-refractivity contribution in [3.63, 3.8) is 0 Å². The van der Waals surface area contributed by atoms with Crippen molar-refractivity contribution in [1.29, 1.82) is 0 Å². The molecule has 0 spiro atoms. The topological polar surface area (TPSA) is 60.5 Å². The van der Waals surface area contributed by atoms with Crippen LogP contribution in [0.15, 0.2) is 48.7 Å². The van der Waals surface area contributed by atoms with Crippen LogP contribution in [0.3, 0.4) is 0 Å². The Morgan fingerprint density at radius 3 is 2.77 bits per heavy atom. The highest BCUT2D eigenvalue weighted by atomic mass is 32.1.